The van der Waals surface area contributed by atoms with Gasteiger partial charge in [-0.2, -0.15) is 0 Å². The average molecular weight is 292 g/mol. The number of aromatic nitrogens is 2. The van der Waals surface area contributed by atoms with Gasteiger partial charge in [0.05, 0.1) is 12.6 Å². The summed E-state index contributed by atoms with van der Waals surface area (Å²) in [6.45, 7) is 3.60. The molecule has 2 heterocycles. The molecule has 0 aromatic carbocycles. The molecule has 1 unspecified atom stereocenters. The zero-order chi connectivity index (χ0) is 15.1. The number of carbonyl (C=O) groups excluding carboxylic acids is 1. The number of carbonyl (C=O) groups is 1. The van der Waals surface area contributed by atoms with Gasteiger partial charge in [-0.25, -0.2) is 0 Å². The first-order valence-corrected chi connectivity index (χ1v) is 7.75. The largest absolute Gasteiger partial charge is 0.394 e. The lowest BCUT2D eigenvalue weighted by molar-refractivity contribution is 0.0593. The van der Waals surface area contributed by atoms with Gasteiger partial charge in [0.2, 0.25) is 0 Å². The summed E-state index contributed by atoms with van der Waals surface area (Å²) in [5.74, 6) is 0.550. The number of rotatable bonds is 5. The Hall–Kier alpha value is -1.69. The molecule has 1 aliphatic heterocycles. The van der Waals surface area contributed by atoms with Crippen molar-refractivity contribution < 1.29 is 9.90 Å². The molecule has 1 aromatic rings. The zero-order valence-corrected chi connectivity index (χ0v) is 12.6. The topological polar surface area (TPSA) is 78.4 Å². The smallest absolute Gasteiger partial charge is 0.274 e. The maximum absolute atomic E-state index is 12.5. The van der Waals surface area contributed by atoms with Gasteiger partial charge in [-0.15, -0.1) is 10.2 Å². The van der Waals surface area contributed by atoms with Crippen molar-refractivity contribution in [1.29, 1.82) is 0 Å². The third-order valence-electron chi connectivity index (χ3n) is 3.79. The number of hydrogen-bond donors (Lipinski definition) is 2. The highest BCUT2D eigenvalue weighted by atomic mass is 16.3. The fourth-order valence-electron chi connectivity index (χ4n) is 2.58. The Kier molecular flexibility index (Phi) is 5.92. The normalized spacial score (nSPS) is 19.1. The van der Waals surface area contributed by atoms with Crippen molar-refractivity contribution in [2.75, 3.05) is 25.0 Å². The van der Waals surface area contributed by atoms with Gasteiger partial charge in [0.25, 0.3) is 5.91 Å². The molecule has 116 valence electrons. The Bertz CT molecular complexity index is 449. The molecule has 21 heavy (non-hydrogen) atoms. The van der Waals surface area contributed by atoms with Gasteiger partial charge in [0.15, 0.2) is 5.69 Å². The standard InChI is InChI=1S/C15H24N4O2/c1-2-9-16-14-8-7-13(17-18-14)15(21)19-10-5-3-4-6-12(19)11-20/h7-8,12,20H,2-6,9-11H2,1H3,(H,16,18). The second kappa shape index (κ2) is 7.93. The molecule has 0 aliphatic carbocycles. The van der Waals surface area contributed by atoms with Crippen LogP contribution in [0.1, 0.15) is 49.5 Å². The third kappa shape index (κ3) is 4.14. The van der Waals surface area contributed by atoms with Crippen LogP contribution in [-0.2, 0) is 0 Å². The van der Waals surface area contributed by atoms with Crippen molar-refractivity contribution in [1.82, 2.24) is 15.1 Å². The first-order valence-electron chi connectivity index (χ1n) is 7.75. The molecule has 1 aliphatic rings. The number of amides is 1. The minimum atomic E-state index is -0.134. The van der Waals surface area contributed by atoms with Crippen molar-refractivity contribution in [2.45, 2.75) is 45.1 Å². The van der Waals surface area contributed by atoms with Gasteiger partial charge in [-0.1, -0.05) is 19.8 Å². The fourth-order valence-corrected chi connectivity index (χ4v) is 2.58. The van der Waals surface area contributed by atoms with Crippen molar-refractivity contribution in [3.63, 3.8) is 0 Å². The number of nitrogens with zero attached hydrogens (tertiary/aromatic N) is 3. The summed E-state index contributed by atoms with van der Waals surface area (Å²) in [6.07, 6.45) is 5.00. The molecule has 1 amide bonds. The van der Waals surface area contributed by atoms with E-state index < -0.39 is 0 Å². The molecule has 2 N–H and O–H groups in total. The predicted molar refractivity (Wildman–Crippen MR) is 81.2 cm³/mol. The first-order chi connectivity index (χ1) is 10.3. The van der Waals surface area contributed by atoms with Gasteiger partial charge < -0.3 is 15.3 Å². The maximum atomic E-state index is 12.5. The van der Waals surface area contributed by atoms with E-state index in [2.05, 4.69) is 22.4 Å². The molecule has 1 aromatic heterocycles. The minimum Gasteiger partial charge on any atom is -0.394 e. The predicted octanol–water partition coefficient (Wildman–Crippen LogP) is 1.68. The number of likely N-dealkylation sites (tertiary alicyclic amines) is 1. The van der Waals surface area contributed by atoms with E-state index in [0.29, 0.717) is 18.1 Å². The van der Waals surface area contributed by atoms with Crippen LogP contribution in [0.3, 0.4) is 0 Å². The van der Waals surface area contributed by atoms with Crippen LogP contribution in [0, 0.1) is 0 Å². The molecule has 0 spiro atoms. The molecule has 0 radical (unpaired) electrons. The van der Waals surface area contributed by atoms with Crippen molar-refractivity contribution in [3.8, 4) is 0 Å². The van der Waals surface area contributed by atoms with E-state index in [1.165, 1.54) is 0 Å². The summed E-state index contributed by atoms with van der Waals surface area (Å²) in [5.41, 5.74) is 0.345. The van der Waals surface area contributed by atoms with Gasteiger partial charge in [0, 0.05) is 13.1 Å². The van der Waals surface area contributed by atoms with Crippen LogP contribution in [-0.4, -0.2) is 51.8 Å². The van der Waals surface area contributed by atoms with Crippen LogP contribution in [0.25, 0.3) is 0 Å². The van der Waals surface area contributed by atoms with E-state index in [1.54, 1.807) is 17.0 Å². The molecule has 6 heteroatoms. The molecule has 1 saturated heterocycles. The molecule has 6 nitrogen and oxygen atoms in total. The van der Waals surface area contributed by atoms with Crippen LogP contribution in [0.2, 0.25) is 0 Å². The lowest BCUT2D eigenvalue weighted by Crippen LogP contribution is -2.42. The Balaban J connectivity index is 2.06. The number of nitrogens with one attached hydrogen (secondary N) is 1. The van der Waals surface area contributed by atoms with Crippen LogP contribution in [0.5, 0.6) is 0 Å². The summed E-state index contributed by atoms with van der Waals surface area (Å²) < 4.78 is 0. The Morgan fingerprint density at radius 1 is 1.38 bits per heavy atom. The second-order valence-corrected chi connectivity index (χ2v) is 5.41. The Labute approximate surface area is 125 Å². The van der Waals surface area contributed by atoms with Crippen LogP contribution < -0.4 is 5.32 Å². The first kappa shape index (κ1) is 15.7. The second-order valence-electron chi connectivity index (χ2n) is 5.41. The molecule has 0 saturated carbocycles. The van der Waals surface area contributed by atoms with Gasteiger partial charge in [0.1, 0.15) is 5.82 Å². The maximum Gasteiger partial charge on any atom is 0.274 e. The summed E-state index contributed by atoms with van der Waals surface area (Å²) in [4.78, 5) is 14.3. The highest BCUT2D eigenvalue weighted by Gasteiger charge is 2.26. The zero-order valence-electron chi connectivity index (χ0n) is 12.6. The Morgan fingerprint density at radius 3 is 2.90 bits per heavy atom. The molecular weight excluding hydrogens is 268 g/mol. The van der Waals surface area contributed by atoms with Gasteiger partial charge in [-0.05, 0) is 31.4 Å². The molecule has 1 atom stereocenters. The van der Waals surface area contributed by atoms with E-state index in [4.69, 9.17) is 0 Å². The summed E-state index contributed by atoms with van der Waals surface area (Å²) >= 11 is 0. The highest BCUT2D eigenvalue weighted by molar-refractivity contribution is 5.92. The van der Waals surface area contributed by atoms with E-state index in [1.807, 2.05) is 0 Å². The molecule has 0 bridgehead atoms. The van der Waals surface area contributed by atoms with Crippen LogP contribution in [0.15, 0.2) is 12.1 Å². The van der Waals surface area contributed by atoms with Gasteiger partial charge in [-0.3, -0.25) is 4.79 Å². The van der Waals surface area contributed by atoms with E-state index in [0.717, 1.165) is 38.6 Å². The number of anilines is 1. The fraction of sp³-hybridized carbons (Fsp3) is 0.667. The van der Waals surface area contributed by atoms with E-state index >= 15 is 0 Å². The lowest BCUT2D eigenvalue weighted by atomic mass is 10.1. The summed E-state index contributed by atoms with van der Waals surface area (Å²) in [5, 5.41) is 20.7. The lowest BCUT2D eigenvalue weighted by Gasteiger charge is -2.28. The van der Waals surface area contributed by atoms with Crippen LogP contribution >= 0.6 is 0 Å². The SMILES string of the molecule is CCCNc1ccc(C(=O)N2CCCCCC2CO)nn1. The van der Waals surface area contributed by atoms with E-state index in [9.17, 15) is 9.90 Å². The Morgan fingerprint density at radius 2 is 2.24 bits per heavy atom. The number of aliphatic hydroxyl groups is 1. The third-order valence-corrected chi connectivity index (χ3v) is 3.79. The van der Waals surface area contributed by atoms with Crippen LogP contribution in [0.4, 0.5) is 5.82 Å². The molecule has 2 rings (SSSR count). The van der Waals surface area contributed by atoms with Crippen molar-refractivity contribution >= 4 is 11.7 Å². The number of aliphatic hydroxyl groups excluding tert-OH is 1. The number of hydrogen-bond acceptors (Lipinski definition) is 5. The molecular formula is C15H24N4O2. The van der Waals surface area contributed by atoms with Crippen molar-refractivity contribution in [3.05, 3.63) is 17.8 Å². The van der Waals surface area contributed by atoms with Crippen molar-refractivity contribution in [2.24, 2.45) is 0 Å². The minimum absolute atomic E-state index is 0.00923. The van der Waals surface area contributed by atoms with E-state index in [-0.39, 0.29) is 18.6 Å². The monoisotopic (exact) mass is 292 g/mol. The summed E-state index contributed by atoms with van der Waals surface area (Å²) in [6, 6.07) is 3.38. The van der Waals surface area contributed by atoms with Gasteiger partial charge >= 0.3 is 0 Å². The highest BCUT2D eigenvalue weighted by Crippen LogP contribution is 2.18. The quantitative estimate of drug-likeness (QED) is 0.863. The average Bonchev–Trinajstić information content (AvgIpc) is 2.78. The summed E-state index contributed by atoms with van der Waals surface area (Å²) in [7, 11) is 0. The molecule has 1 fully saturated rings.